The van der Waals surface area contributed by atoms with E-state index in [2.05, 4.69) is 26.0 Å². The molecule has 0 bridgehead atoms. The van der Waals surface area contributed by atoms with Crippen LogP contribution in [0.5, 0.6) is 0 Å². The number of Topliss-reactive ketones (excluding diaryl/α,β-unsaturated/α-hetero) is 1. The van der Waals surface area contributed by atoms with E-state index in [4.69, 9.17) is 0 Å². The lowest BCUT2D eigenvalue weighted by Crippen LogP contribution is -2.52. The molecule has 0 aromatic heterocycles. The van der Waals surface area contributed by atoms with Crippen LogP contribution in [-0.2, 0) is 4.79 Å². The van der Waals surface area contributed by atoms with Gasteiger partial charge in [0.15, 0.2) is 0 Å². The molecule has 0 radical (unpaired) electrons. The lowest BCUT2D eigenvalue weighted by atomic mass is 9.45. The van der Waals surface area contributed by atoms with E-state index in [9.17, 15) is 4.79 Å². The minimum Gasteiger partial charge on any atom is -0.300 e. The summed E-state index contributed by atoms with van der Waals surface area (Å²) >= 11 is 0. The van der Waals surface area contributed by atoms with Crippen LogP contribution in [-0.4, -0.2) is 5.78 Å². The van der Waals surface area contributed by atoms with Crippen LogP contribution >= 0.6 is 0 Å². The highest BCUT2D eigenvalue weighted by molar-refractivity contribution is 5.79. The van der Waals surface area contributed by atoms with Crippen LogP contribution in [0.4, 0.5) is 0 Å². The number of ketones is 1. The molecule has 4 aliphatic carbocycles. The molecule has 3 fully saturated rings. The lowest BCUT2D eigenvalue weighted by molar-refractivity contribution is -0.130. The van der Waals surface area contributed by atoms with Crippen LogP contribution in [0.25, 0.3) is 0 Å². The van der Waals surface area contributed by atoms with Crippen LogP contribution in [0.1, 0.15) is 72.1 Å². The molecular formula is C21H32O. The quantitative estimate of drug-likeness (QED) is 0.592. The first-order valence-electron chi connectivity index (χ1n) is 9.64. The van der Waals surface area contributed by atoms with Crippen molar-refractivity contribution in [3.05, 3.63) is 12.2 Å². The number of hydrogen-bond donors (Lipinski definition) is 0. The number of carbonyl (C=O) groups excluding carboxylic acids is 1. The standard InChI is InChI=1S/C21H32O/c1-14(22)17-9-10-18-16-8-7-15-6-4-5-12-20(15,2)19(16)11-13-21(17,18)3/h4,6,15-19H,5,7-13H2,1-3H3/t15-,16-,17+,18-,19-,20-,21+/m0/s1. The summed E-state index contributed by atoms with van der Waals surface area (Å²) in [6.07, 6.45) is 15.6. The van der Waals surface area contributed by atoms with E-state index in [1.807, 2.05) is 6.92 Å². The minimum absolute atomic E-state index is 0.320. The number of fused-ring (bicyclic) bond motifs is 5. The molecule has 0 unspecified atom stereocenters. The third-order valence-corrected chi connectivity index (χ3v) is 8.65. The third-order valence-electron chi connectivity index (χ3n) is 8.65. The Kier molecular flexibility index (Phi) is 3.37. The molecule has 7 atom stereocenters. The maximum absolute atomic E-state index is 12.1. The molecule has 3 saturated carbocycles. The molecule has 122 valence electrons. The number of carbonyl (C=O) groups is 1. The Balaban J connectivity index is 1.65. The van der Waals surface area contributed by atoms with E-state index in [0.717, 1.165) is 23.7 Å². The van der Waals surface area contributed by atoms with E-state index in [0.29, 0.717) is 22.5 Å². The Hall–Kier alpha value is -0.590. The van der Waals surface area contributed by atoms with Crippen LogP contribution in [0.3, 0.4) is 0 Å². The highest BCUT2D eigenvalue weighted by atomic mass is 16.1. The van der Waals surface area contributed by atoms with Crippen molar-refractivity contribution in [3.8, 4) is 0 Å². The minimum atomic E-state index is 0.320. The fourth-order valence-electron chi connectivity index (χ4n) is 7.49. The van der Waals surface area contributed by atoms with Crippen molar-refractivity contribution in [2.24, 2.45) is 40.4 Å². The van der Waals surface area contributed by atoms with Gasteiger partial charge in [0.25, 0.3) is 0 Å². The van der Waals surface area contributed by atoms with Gasteiger partial charge in [-0.1, -0.05) is 26.0 Å². The Labute approximate surface area is 135 Å². The van der Waals surface area contributed by atoms with Gasteiger partial charge < -0.3 is 0 Å². The average molecular weight is 300 g/mol. The van der Waals surface area contributed by atoms with Gasteiger partial charge in [-0.3, -0.25) is 4.79 Å². The topological polar surface area (TPSA) is 17.1 Å². The van der Waals surface area contributed by atoms with Gasteiger partial charge in [0.2, 0.25) is 0 Å². The molecule has 0 aliphatic heterocycles. The van der Waals surface area contributed by atoms with E-state index in [1.54, 1.807) is 0 Å². The monoisotopic (exact) mass is 300 g/mol. The van der Waals surface area contributed by atoms with E-state index in [1.165, 1.54) is 51.4 Å². The molecule has 0 aromatic carbocycles. The molecule has 0 N–H and O–H groups in total. The maximum atomic E-state index is 12.1. The van der Waals surface area contributed by atoms with Crippen molar-refractivity contribution in [1.82, 2.24) is 0 Å². The summed E-state index contributed by atoms with van der Waals surface area (Å²) in [5.41, 5.74) is 0.869. The second-order valence-corrected chi connectivity index (χ2v) is 9.32. The first kappa shape index (κ1) is 15.0. The summed E-state index contributed by atoms with van der Waals surface area (Å²) in [7, 11) is 0. The number of hydrogen-bond acceptors (Lipinski definition) is 1. The van der Waals surface area contributed by atoms with Gasteiger partial charge in [-0.05, 0) is 92.8 Å². The van der Waals surface area contributed by atoms with Crippen molar-refractivity contribution >= 4 is 5.78 Å². The Morgan fingerprint density at radius 2 is 1.73 bits per heavy atom. The molecule has 0 aromatic rings. The molecule has 0 saturated heterocycles. The van der Waals surface area contributed by atoms with Crippen molar-refractivity contribution in [3.63, 3.8) is 0 Å². The zero-order valence-corrected chi connectivity index (χ0v) is 14.6. The van der Waals surface area contributed by atoms with Crippen LogP contribution in [0, 0.1) is 40.4 Å². The average Bonchev–Trinajstić information content (AvgIpc) is 2.84. The van der Waals surface area contributed by atoms with Crippen molar-refractivity contribution in [2.75, 3.05) is 0 Å². The highest BCUT2D eigenvalue weighted by Crippen LogP contribution is 2.66. The van der Waals surface area contributed by atoms with Gasteiger partial charge in [0.05, 0.1) is 0 Å². The molecule has 1 nitrogen and oxygen atoms in total. The van der Waals surface area contributed by atoms with Gasteiger partial charge >= 0.3 is 0 Å². The van der Waals surface area contributed by atoms with Gasteiger partial charge in [-0.25, -0.2) is 0 Å². The Morgan fingerprint density at radius 1 is 0.955 bits per heavy atom. The van der Waals surface area contributed by atoms with Gasteiger partial charge in [-0.2, -0.15) is 0 Å². The largest absolute Gasteiger partial charge is 0.300 e. The lowest BCUT2D eigenvalue weighted by Gasteiger charge is -2.59. The van der Waals surface area contributed by atoms with Crippen molar-refractivity contribution in [1.29, 1.82) is 0 Å². The highest BCUT2D eigenvalue weighted by Gasteiger charge is 2.59. The van der Waals surface area contributed by atoms with Crippen molar-refractivity contribution in [2.45, 2.75) is 72.1 Å². The second-order valence-electron chi connectivity index (χ2n) is 9.32. The summed E-state index contributed by atoms with van der Waals surface area (Å²) < 4.78 is 0. The molecular weight excluding hydrogens is 268 g/mol. The van der Waals surface area contributed by atoms with Crippen LogP contribution < -0.4 is 0 Å². The fourth-order valence-corrected chi connectivity index (χ4v) is 7.49. The normalized spacial score (nSPS) is 53.5. The van der Waals surface area contributed by atoms with E-state index < -0.39 is 0 Å². The molecule has 4 aliphatic rings. The maximum Gasteiger partial charge on any atom is 0.133 e. The Bertz CT molecular complexity index is 506. The number of rotatable bonds is 1. The molecule has 0 amide bonds. The van der Waals surface area contributed by atoms with Gasteiger partial charge in [-0.15, -0.1) is 0 Å². The van der Waals surface area contributed by atoms with E-state index >= 15 is 0 Å². The van der Waals surface area contributed by atoms with Gasteiger partial charge in [0.1, 0.15) is 5.78 Å². The smallest absolute Gasteiger partial charge is 0.133 e. The van der Waals surface area contributed by atoms with Crippen molar-refractivity contribution < 1.29 is 4.79 Å². The molecule has 0 heterocycles. The molecule has 22 heavy (non-hydrogen) atoms. The summed E-state index contributed by atoms with van der Waals surface area (Å²) in [6.45, 7) is 6.90. The molecule has 4 rings (SSSR count). The second kappa shape index (κ2) is 4.95. The predicted molar refractivity (Wildman–Crippen MR) is 90.4 cm³/mol. The summed E-state index contributed by atoms with van der Waals surface area (Å²) in [5, 5.41) is 0. The molecule has 0 spiro atoms. The van der Waals surface area contributed by atoms with Crippen LogP contribution in [0.15, 0.2) is 12.2 Å². The zero-order chi connectivity index (χ0) is 15.5. The fraction of sp³-hybridized carbons (Fsp3) is 0.857. The summed E-state index contributed by atoms with van der Waals surface area (Å²) in [4.78, 5) is 12.1. The third kappa shape index (κ3) is 1.86. The summed E-state index contributed by atoms with van der Waals surface area (Å²) in [6, 6.07) is 0. The Morgan fingerprint density at radius 3 is 2.50 bits per heavy atom. The number of allylic oxidation sites excluding steroid dienone is 2. The van der Waals surface area contributed by atoms with E-state index in [-0.39, 0.29) is 0 Å². The molecule has 1 heteroatoms. The summed E-state index contributed by atoms with van der Waals surface area (Å²) in [5.74, 6) is 4.29. The van der Waals surface area contributed by atoms with Crippen LogP contribution in [0.2, 0.25) is 0 Å². The first-order chi connectivity index (χ1) is 10.5. The SMILES string of the molecule is CC(=O)[C@H]1CC[C@H]2[C@@H]3CC[C@@H]4C=CCC[C@]4(C)[C@H]3CC[C@]12C. The first-order valence-corrected chi connectivity index (χ1v) is 9.64. The zero-order valence-electron chi connectivity index (χ0n) is 14.6. The predicted octanol–water partition coefficient (Wildman–Crippen LogP) is 5.40. The van der Waals surface area contributed by atoms with Gasteiger partial charge in [0, 0.05) is 5.92 Å².